The Kier molecular flexibility index (Phi) is 2.71. The van der Waals surface area contributed by atoms with Crippen LogP contribution in [0.5, 0.6) is 0 Å². The van der Waals surface area contributed by atoms with Crippen molar-refractivity contribution in [1.29, 1.82) is 0 Å². The Hall–Kier alpha value is -1.05. The summed E-state index contributed by atoms with van der Waals surface area (Å²) < 4.78 is 0. The lowest BCUT2D eigenvalue weighted by Gasteiger charge is -2.35. The van der Waals surface area contributed by atoms with Gasteiger partial charge in [-0.2, -0.15) is 0 Å². The number of aromatic nitrogens is 1. The van der Waals surface area contributed by atoms with E-state index >= 15 is 0 Å². The van der Waals surface area contributed by atoms with Gasteiger partial charge in [0.25, 0.3) is 0 Å². The first-order valence-corrected chi connectivity index (χ1v) is 5.29. The molecule has 2 rings (SSSR count). The van der Waals surface area contributed by atoms with Gasteiger partial charge in [-0.1, -0.05) is 6.07 Å². The van der Waals surface area contributed by atoms with Crippen LogP contribution in [0.4, 0.5) is 5.82 Å². The number of nitrogens with zero attached hydrogens (tertiary/aromatic N) is 2. The minimum absolute atomic E-state index is 0.595. The van der Waals surface area contributed by atoms with Gasteiger partial charge in [-0.25, -0.2) is 4.98 Å². The van der Waals surface area contributed by atoms with E-state index in [2.05, 4.69) is 36.2 Å². The molecule has 0 spiro atoms. The van der Waals surface area contributed by atoms with Crippen LogP contribution in [0.3, 0.4) is 0 Å². The van der Waals surface area contributed by atoms with Gasteiger partial charge in [0.2, 0.25) is 0 Å². The summed E-state index contributed by atoms with van der Waals surface area (Å²) in [5.41, 5.74) is 1.28. The fraction of sp³-hybridized carbons (Fsp3) is 0.500. The Bertz CT molecular complexity index is 309. The van der Waals surface area contributed by atoms with Gasteiger partial charge in [-0.15, -0.1) is 0 Å². The lowest BCUT2D eigenvalue weighted by atomic mass is 10.0. The number of hydrogen-bond acceptors (Lipinski definition) is 2. The van der Waals surface area contributed by atoms with Crippen molar-refractivity contribution in [1.82, 2.24) is 4.98 Å². The number of piperidine rings is 1. The number of pyridine rings is 1. The van der Waals surface area contributed by atoms with Crippen LogP contribution in [-0.4, -0.2) is 17.6 Å². The lowest BCUT2D eigenvalue weighted by Crippen LogP contribution is -2.38. The highest BCUT2D eigenvalue weighted by Gasteiger charge is 2.20. The lowest BCUT2D eigenvalue weighted by molar-refractivity contribution is 0.554. The maximum absolute atomic E-state index is 4.46. The molecule has 0 aliphatic carbocycles. The molecule has 1 aliphatic rings. The van der Waals surface area contributed by atoms with E-state index < -0.39 is 0 Å². The second-order valence-electron chi connectivity index (χ2n) is 4.00. The average molecular weight is 189 g/mol. The Labute approximate surface area is 86.0 Å². The summed E-state index contributed by atoms with van der Waals surface area (Å²) in [4.78, 5) is 6.88. The van der Waals surface area contributed by atoms with Gasteiger partial charge in [0.1, 0.15) is 5.82 Å². The first kappa shape index (κ1) is 9.50. The summed E-state index contributed by atoms with van der Waals surface area (Å²) in [6.45, 7) is 5.51. The molecule has 1 radical (unpaired) electrons. The van der Waals surface area contributed by atoms with Crippen LogP contribution < -0.4 is 4.90 Å². The van der Waals surface area contributed by atoms with Gasteiger partial charge in [0.15, 0.2) is 0 Å². The summed E-state index contributed by atoms with van der Waals surface area (Å²) in [7, 11) is 0. The smallest absolute Gasteiger partial charge is 0.131 e. The molecule has 75 valence electrons. The quantitative estimate of drug-likeness (QED) is 0.675. The van der Waals surface area contributed by atoms with E-state index in [1.54, 1.807) is 0 Å². The standard InChI is InChI=1S/C12H17N2/c1-10-6-5-8-13-12(10)14-9-4-3-7-11(14)2/h3,5-6,8,11H,4,7,9H2,1-2H3. The largest absolute Gasteiger partial charge is 0.354 e. The third kappa shape index (κ3) is 1.74. The number of aryl methyl sites for hydroxylation is 1. The minimum Gasteiger partial charge on any atom is -0.354 e. The van der Waals surface area contributed by atoms with Gasteiger partial charge < -0.3 is 4.90 Å². The molecule has 0 aromatic carbocycles. The van der Waals surface area contributed by atoms with Crippen molar-refractivity contribution in [2.24, 2.45) is 0 Å². The van der Waals surface area contributed by atoms with Gasteiger partial charge in [0.05, 0.1) is 0 Å². The number of hydrogen-bond donors (Lipinski definition) is 0. The summed E-state index contributed by atoms with van der Waals surface area (Å²) in [6.07, 6.45) is 6.61. The summed E-state index contributed by atoms with van der Waals surface area (Å²) in [5.74, 6) is 1.16. The zero-order valence-electron chi connectivity index (χ0n) is 8.90. The molecule has 0 amide bonds. The molecule has 14 heavy (non-hydrogen) atoms. The van der Waals surface area contributed by atoms with Crippen molar-refractivity contribution in [2.45, 2.75) is 32.7 Å². The van der Waals surface area contributed by atoms with Crippen LogP contribution in [0.2, 0.25) is 0 Å². The zero-order valence-corrected chi connectivity index (χ0v) is 8.90. The van der Waals surface area contributed by atoms with Crippen LogP contribution in [-0.2, 0) is 0 Å². The Morgan fingerprint density at radius 2 is 2.36 bits per heavy atom. The molecule has 1 atom stereocenters. The molecule has 2 nitrogen and oxygen atoms in total. The number of rotatable bonds is 1. The van der Waals surface area contributed by atoms with Crippen molar-refractivity contribution in [3.05, 3.63) is 30.3 Å². The molecule has 2 heteroatoms. The van der Waals surface area contributed by atoms with Crippen molar-refractivity contribution in [3.8, 4) is 0 Å². The molecule has 0 bridgehead atoms. The normalized spacial score (nSPS) is 22.4. The number of anilines is 1. The SMILES string of the molecule is Cc1cccnc1N1CC[CH]CC1C. The van der Waals surface area contributed by atoms with Crippen LogP contribution in [0.1, 0.15) is 25.3 Å². The first-order chi connectivity index (χ1) is 6.79. The molecule has 1 aromatic heterocycles. The molecular weight excluding hydrogens is 172 g/mol. The second-order valence-corrected chi connectivity index (χ2v) is 4.00. The first-order valence-electron chi connectivity index (χ1n) is 5.29. The van der Waals surface area contributed by atoms with Crippen molar-refractivity contribution >= 4 is 5.82 Å². The highest BCUT2D eigenvalue weighted by Crippen LogP contribution is 2.24. The van der Waals surface area contributed by atoms with E-state index in [9.17, 15) is 0 Å². The summed E-state index contributed by atoms with van der Waals surface area (Å²) >= 11 is 0. The topological polar surface area (TPSA) is 16.1 Å². The van der Waals surface area contributed by atoms with Gasteiger partial charge in [-0.3, -0.25) is 0 Å². The molecule has 1 unspecified atom stereocenters. The predicted molar refractivity (Wildman–Crippen MR) is 59.3 cm³/mol. The Morgan fingerprint density at radius 1 is 1.50 bits per heavy atom. The van der Waals surface area contributed by atoms with Gasteiger partial charge >= 0.3 is 0 Å². The van der Waals surface area contributed by atoms with Crippen LogP contribution in [0, 0.1) is 13.3 Å². The molecule has 1 aromatic rings. The fourth-order valence-corrected chi connectivity index (χ4v) is 2.03. The second kappa shape index (κ2) is 3.99. The van der Waals surface area contributed by atoms with Gasteiger partial charge in [-0.05, 0) is 44.7 Å². The molecule has 2 heterocycles. The van der Waals surface area contributed by atoms with E-state index in [0.717, 1.165) is 12.4 Å². The van der Waals surface area contributed by atoms with Crippen molar-refractivity contribution in [3.63, 3.8) is 0 Å². The van der Waals surface area contributed by atoms with E-state index in [-0.39, 0.29) is 0 Å². The molecule has 1 saturated heterocycles. The third-order valence-electron chi connectivity index (χ3n) is 2.87. The summed E-state index contributed by atoms with van der Waals surface area (Å²) in [6, 6.07) is 4.73. The Morgan fingerprint density at radius 3 is 3.07 bits per heavy atom. The zero-order chi connectivity index (χ0) is 9.97. The highest BCUT2D eigenvalue weighted by molar-refractivity contribution is 5.47. The van der Waals surface area contributed by atoms with E-state index in [4.69, 9.17) is 0 Å². The minimum atomic E-state index is 0.595. The molecule has 0 saturated carbocycles. The van der Waals surface area contributed by atoms with Crippen LogP contribution >= 0.6 is 0 Å². The van der Waals surface area contributed by atoms with Gasteiger partial charge in [0, 0.05) is 18.8 Å². The van der Waals surface area contributed by atoms with E-state index in [1.807, 2.05) is 12.3 Å². The maximum Gasteiger partial charge on any atom is 0.131 e. The Balaban J connectivity index is 2.25. The van der Waals surface area contributed by atoms with Crippen molar-refractivity contribution < 1.29 is 0 Å². The van der Waals surface area contributed by atoms with Crippen molar-refractivity contribution in [2.75, 3.05) is 11.4 Å². The molecular formula is C12H17N2. The predicted octanol–water partition coefficient (Wildman–Crippen LogP) is 2.58. The average Bonchev–Trinajstić information content (AvgIpc) is 2.20. The highest BCUT2D eigenvalue weighted by atomic mass is 15.2. The molecule has 1 aliphatic heterocycles. The fourth-order valence-electron chi connectivity index (χ4n) is 2.03. The molecule has 0 N–H and O–H groups in total. The van der Waals surface area contributed by atoms with E-state index in [1.165, 1.54) is 18.4 Å². The third-order valence-corrected chi connectivity index (χ3v) is 2.87. The van der Waals surface area contributed by atoms with E-state index in [0.29, 0.717) is 6.04 Å². The molecule has 1 fully saturated rings. The van der Waals surface area contributed by atoms with Crippen LogP contribution in [0.25, 0.3) is 0 Å². The summed E-state index contributed by atoms with van der Waals surface area (Å²) in [5, 5.41) is 0. The monoisotopic (exact) mass is 189 g/mol. The maximum atomic E-state index is 4.46. The van der Waals surface area contributed by atoms with Crippen LogP contribution in [0.15, 0.2) is 18.3 Å².